The molecule has 2 nitrogen and oxygen atoms in total. The molecule has 2 heteroatoms. The van der Waals surface area contributed by atoms with E-state index in [-0.39, 0.29) is 0 Å². The second-order valence-electron chi connectivity index (χ2n) is 14.5. The maximum Gasteiger partial charge on any atom is 0.137 e. The quantitative estimate of drug-likeness (QED) is 0.160. The van der Waals surface area contributed by atoms with E-state index in [0.717, 1.165) is 39.0 Å². The Kier molecular flexibility index (Phi) is 7.53. The van der Waals surface area contributed by atoms with Crippen molar-refractivity contribution in [3.8, 4) is 33.4 Å². The Morgan fingerprint density at radius 3 is 1.46 bits per heavy atom. The summed E-state index contributed by atoms with van der Waals surface area (Å²) in [7, 11) is 0. The van der Waals surface area contributed by atoms with E-state index in [0.29, 0.717) is 0 Å². The summed E-state index contributed by atoms with van der Waals surface area (Å²) in [6.07, 6.45) is 0. The molecule has 0 saturated heterocycles. The van der Waals surface area contributed by atoms with Crippen LogP contribution in [-0.2, 0) is 0 Å². The molecule has 0 unspecified atom stereocenters. The molecule has 262 valence electrons. The summed E-state index contributed by atoms with van der Waals surface area (Å²) in [5.74, 6) is 0. The average molecular weight is 714 g/mol. The summed E-state index contributed by atoms with van der Waals surface area (Å²) in [5, 5.41) is 9.72. The van der Waals surface area contributed by atoms with Crippen LogP contribution in [0.25, 0.3) is 87.6 Å². The zero-order valence-corrected chi connectivity index (χ0v) is 30.6. The molecule has 0 saturated carbocycles. The summed E-state index contributed by atoms with van der Waals surface area (Å²) in [6, 6.07) is 76.3. The van der Waals surface area contributed by atoms with Crippen molar-refractivity contribution in [3.63, 3.8) is 0 Å². The Bertz CT molecular complexity index is 3220. The highest BCUT2D eigenvalue weighted by atomic mass is 16.3. The first-order valence-corrected chi connectivity index (χ1v) is 19.2. The van der Waals surface area contributed by atoms with E-state index in [1.807, 2.05) is 0 Å². The van der Waals surface area contributed by atoms with Crippen molar-refractivity contribution in [1.29, 1.82) is 0 Å². The Hall–Kier alpha value is -7.42. The van der Waals surface area contributed by atoms with Crippen LogP contribution in [-0.4, -0.2) is 0 Å². The van der Waals surface area contributed by atoms with Crippen LogP contribution in [0, 0.1) is 0 Å². The lowest BCUT2D eigenvalue weighted by Gasteiger charge is -2.26. The zero-order valence-electron chi connectivity index (χ0n) is 30.6. The van der Waals surface area contributed by atoms with E-state index >= 15 is 0 Å². The Morgan fingerprint density at radius 1 is 0.286 bits per heavy atom. The van der Waals surface area contributed by atoms with Gasteiger partial charge in [-0.2, -0.15) is 0 Å². The number of anilines is 3. The largest absolute Gasteiger partial charge is 0.456 e. The molecule has 0 fully saturated rings. The van der Waals surface area contributed by atoms with Gasteiger partial charge in [-0.25, -0.2) is 0 Å². The SMILES string of the molecule is c1ccc(-c2ccc(N(c3ccc(-c4cc5ccccc5c5ccccc45)cc3)c3ccc4c(c3)oc3cc(-c5ccccc5)c5ccccc5c34)cc2)cc1. The van der Waals surface area contributed by atoms with Gasteiger partial charge in [0, 0.05) is 33.9 Å². The van der Waals surface area contributed by atoms with Gasteiger partial charge in [0.2, 0.25) is 0 Å². The van der Waals surface area contributed by atoms with Gasteiger partial charge in [0.1, 0.15) is 11.2 Å². The van der Waals surface area contributed by atoms with Crippen LogP contribution in [0.1, 0.15) is 0 Å². The van der Waals surface area contributed by atoms with Crippen LogP contribution in [0.2, 0.25) is 0 Å². The fraction of sp³-hybridized carbons (Fsp3) is 0. The van der Waals surface area contributed by atoms with Crippen molar-refractivity contribution in [3.05, 3.63) is 212 Å². The van der Waals surface area contributed by atoms with Crippen LogP contribution < -0.4 is 4.90 Å². The highest BCUT2D eigenvalue weighted by Gasteiger charge is 2.19. The molecule has 0 atom stereocenters. The molecule has 0 N–H and O–H groups in total. The van der Waals surface area contributed by atoms with Crippen LogP contribution >= 0.6 is 0 Å². The first kappa shape index (κ1) is 32.0. The van der Waals surface area contributed by atoms with Gasteiger partial charge in [0.15, 0.2) is 0 Å². The average Bonchev–Trinajstić information content (AvgIpc) is 3.65. The third kappa shape index (κ3) is 5.34. The number of nitrogens with zero attached hydrogens (tertiary/aromatic N) is 1. The third-order valence-electron chi connectivity index (χ3n) is 11.2. The molecule has 0 aliphatic carbocycles. The molecule has 56 heavy (non-hydrogen) atoms. The summed E-state index contributed by atoms with van der Waals surface area (Å²) in [5.41, 5.74) is 12.1. The van der Waals surface area contributed by atoms with E-state index in [1.165, 1.54) is 65.7 Å². The normalized spacial score (nSPS) is 11.6. The fourth-order valence-electron chi connectivity index (χ4n) is 8.59. The highest BCUT2D eigenvalue weighted by Crippen LogP contribution is 2.44. The standard InChI is InChI=1S/C54H35NO/c1-3-13-36(14-4-1)37-23-27-41(28-24-37)55(42-29-25-39(26-30-42)50-33-40-17-7-8-18-44(40)45-19-9-10-20-46(45)50)43-31-32-49-52(34-43)56-53-35-51(38-15-5-2-6-16-38)47-21-11-12-22-48(47)54(49)53/h1-35H. The van der Waals surface area contributed by atoms with Crippen molar-refractivity contribution >= 4 is 71.3 Å². The topological polar surface area (TPSA) is 16.4 Å². The molecule has 1 aromatic heterocycles. The van der Waals surface area contributed by atoms with Crippen LogP contribution in [0.5, 0.6) is 0 Å². The minimum atomic E-state index is 0.859. The molecule has 0 spiro atoms. The first-order chi connectivity index (χ1) is 27.8. The molecule has 0 radical (unpaired) electrons. The highest BCUT2D eigenvalue weighted by molar-refractivity contribution is 6.22. The minimum absolute atomic E-state index is 0.859. The molecule has 0 aliphatic rings. The first-order valence-electron chi connectivity index (χ1n) is 19.2. The predicted octanol–water partition coefficient (Wildman–Crippen LogP) is 15.5. The lowest BCUT2D eigenvalue weighted by Crippen LogP contribution is -2.09. The van der Waals surface area contributed by atoms with E-state index in [1.54, 1.807) is 0 Å². The van der Waals surface area contributed by atoms with Crippen LogP contribution in [0.3, 0.4) is 0 Å². The van der Waals surface area contributed by atoms with Crippen LogP contribution in [0.15, 0.2) is 217 Å². The number of furan rings is 1. The third-order valence-corrected chi connectivity index (χ3v) is 11.2. The van der Waals surface area contributed by atoms with Gasteiger partial charge in [-0.1, -0.05) is 158 Å². The van der Waals surface area contributed by atoms with Gasteiger partial charge in [0.05, 0.1) is 0 Å². The van der Waals surface area contributed by atoms with Crippen molar-refractivity contribution in [2.24, 2.45) is 0 Å². The van der Waals surface area contributed by atoms with E-state index < -0.39 is 0 Å². The van der Waals surface area contributed by atoms with Gasteiger partial charge in [-0.15, -0.1) is 0 Å². The number of hydrogen-bond acceptors (Lipinski definition) is 2. The van der Waals surface area contributed by atoms with E-state index in [2.05, 4.69) is 217 Å². The molecule has 11 aromatic rings. The van der Waals surface area contributed by atoms with Crippen molar-refractivity contribution < 1.29 is 4.42 Å². The van der Waals surface area contributed by atoms with Gasteiger partial charge in [0.25, 0.3) is 0 Å². The second kappa shape index (κ2) is 13.2. The summed E-state index contributed by atoms with van der Waals surface area (Å²) >= 11 is 0. The van der Waals surface area contributed by atoms with Crippen LogP contribution in [0.4, 0.5) is 17.1 Å². The summed E-state index contributed by atoms with van der Waals surface area (Å²) < 4.78 is 6.79. The lowest BCUT2D eigenvalue weighted by atomic mass is 9.93. The van der Waals surface area contributed by atoms with Crippen molar-refractivity contribution in [2.45, 2.75) is 0 Å². The zero-order chi connectivity index (χ0) is 37.0. The van der Waals surface area contributed by atoms with E-state index in [4.69, 9.17) is 4.42 Å². The minimum Gasteiger partial charge on any atom is -0.456 e. The number of benzene rings is 10. The lowest BCUT2D eigenvalue weighted by molar-refractivity contribution is 0.669. The smallest absolute Gasteiger partial charge is 0.137 e. The molecule has 0 aliphatic heterocycles. The maximum absolute atomic E-state index is 6.79. The monoisotopic (exact) mass is 713 g/mol. The predicted molar refractivity (Wildman–Crippen MR) is 237 cm³/mol. The Balaban J connectivity index is 1.06. The Morgan fingerprint density at radius 2 is 0.768 bits per heavy atom. The molecule has 0 bridgehead atoms. The maximum atomic E-state index is 6.79. The van der Waals surface area contributed by atoms with Gasteiger partial charge >= 0.3 is 0 Å². The van der Waals surface area contributed by atoms with Gasteiger partial charge < -0.3 is 9.32 Å². The number of hydrogen-bond donors (Lipinski definition) is 0. The van der Waals surface area contributed by atoms with Gasteiger partial charge in [-0.05, 0) is 114 Å². The molecule has 10 aromatic carbocycles. The molecule has 0 amide bonds. The second-order valence-corrected chi connectivity index (χ2v) is 14.5. The van der Waals surface area contributed by atoms with E-state index in [9.17, 15) is 0 Å². The summed E-state index contributed by atoms with van der Waals surface area (Å²) in [4.78, 5) is 2.33. The Labute approximate surface area is 325 Å². The number of rotatable bonds is 6. The van der Waals surface area contributed by atoms with Gasteiger partial charge in [-0.3, -0.25) is 0 Å². The molecule has 1 heterocycles. The fourth-order valence-corrected chi connectivity index (χ4v) is 8.59. The van der Waals surface area contributed by atoms with Crippen molar-refractivity contribution in [1.82, 2.24) is 0 Å². The van der Waals surface area contributed by atoms with Crippen molar-refractivity contribution in [2.75, 3.05) is 4.90 Å². The molecule has 11 rings (SSSR count). The molecular weight excluding hydrogens is 679 g/mol. The number of fused-ring (bicyclic) bond motifs is 8. The molecular formula is C54H35NO. The summed E-state index contributed by atoms with van der Waals surface area (Å²) in [6.45, 7) is 0.